The Morgan fingerprint density at radius 3 is 1.86 bits per heavy atom. The van der Waals surface area contributed by atoms with E-state index in [1.807, 2.05) is 0 Å². The fourth-order valence-corrected chi connectivity index (χ4v) is 3.50. The van der Waals surface area contributed by atoms with E-state index in [-0.39, 0.29) is 12.4 Å². The molecule has 3 heteroatoms. The Kier molecular flexibility index (Phi) is 5.05. The van der Waals surface area contributed by atoms with Gasteiger partial charge in [-0.3, -0.25) is 0 Å². The van der Waals surface area contributed by atoms with Gasteiger partial charge in [0.1, 0.15) is 5.69 Å². The zero-order chi connectivity index (χ0) is 15.0. The van der Waals surface area contributed by atoms with E-state index in [1.165, 1.54) is 38.5 Å². The first kappa shape index (κ1) is 16.7. The predicted octanol–water partition coefficient (Wildman–Crippen LogP) is -0.173. The molecule has 0 fully saturated rings. The minimum absolute atomic E-state index is 0. The van der Waals surface area contributed by atoms with Gasteiger partial charge in [0.05, 0.1) is 0 Å². The second-order valence-electron chi connectivity index (χ2n) is 6.10. The largest absolute Gasteiger partial charge is 1.00 e. The van der Waals surface area contributed by atoms with Crippen molar-refractivity contribution in [1.29, 1.82) is 0 Å². The van der Waals surface area contributed by atoms with Crippen LogP contribution in [0.15, 0.2) is 36.4 Å². The summed E-state index contributed by atoms with van der Waals surface area (Å²) in [7, 11) is 0. The van der Waals surface area contributed by atoms with Gasteiger partial charge >= 0.3 is 6.34 Å². The van der Waals surface area contributed by atoms with Crippen LogP contribution in [0.1, 0.15) is 22.3 Å². The third kappa shape index (κ3) is 2.94. The normalized spacial score (nSPS) is 17.1. The number of quaternary nitrogens is 1. The van der Waals surface area contributed by atoms with Crippen molar-refractivity contribution in [3.8, 4) is 0 Å². The van der Waals surface area contributed by atoms with E-state index in [2.05, 4.69) is 75.0 Å². The Balaban J connectivity index is 0.00000176. The maximum Gasteiger partial charge on any atom is 0.336 e. The topological polar surface area (TPSA) is 7.45 Å². The smallest absolute Gasteiger partial charge is 0.336 e. The standard InChI is InChI=1S/C19H23N2.ClH/c1-14-7-5-8-15(2)18(14)20-11-12-21(13-20)19-16(3)9-6-10-17(19)4;/h5-10,13H,11-12H2,1-4H3;1H/q+1;. The molecule has 1 N–H and O–H groups in total. The molecule has 2 nitrogen and oxygen atoms in total. The predicted molar refractivity (Wildman–Crippen MR) is 88.2 cm³/mol. The van der Waals surface area contributed by atoms with Crippen molar-refractivity contribution in [2.75, 3.05) is 13.1 Å². The molecule has 22 heavy (non-hydrogen) atoms. The monoisotopic (exact) mass is 315 g/mol. The van der Waals surface area contributed by atoms with Crippen molar-refractivity contribution in [2.24, 2.45) is 0 Å². The molecule has 0 amide bonds. The highest BCUT2D eigenvalue weighted by Crippen LogP contribution is 2.23. The van der Waals surface area contributed by atoms with Gasteiger partial charge in [0, 0.05) is 22.3 Å². The number of hydrogen-bond acceptors (Lipinski definition) is 0. The summed E-state index contributed by atoms with van der Waals surface area (Å²) in [6.45, 7) is 11.0. The van der Waals surface area contributed by atoms with Crippen LogP contribution in [0.25, 0.3) is 0 Å². The zero-order valence-electron chi connectivity index (χ0n) is 13.8. The molecule has 3 rings (SSSR count). The highest BCUT2D eigenvalue weighted by Gasteiger charge is 2.30. The lowest BCUT2D eigenvalue weighted by molar-refractivity contribution is -0.717. The van der Waals surface area contributed by atoms with Gasteiger partial charge in [-0.25, -0.2) is 4.90 Å². The molecule has 0 saturated carbocycles. The van der Waals surface area contributed by atoms with Crippen LogP contribution >= 0.6 is 0 Å². The van der Waals surface area contributed by atoms with Gasteiger partial charge in [-0.05, 0) is 27.7 Å². The minimum atomic E-state index is 0. The molecule has 116 valence electrons. The summed E-state index contributed by atoms with van der Waals surface area (Å²) in [5.41, 5.74) is 8.28. The van der Waals surface area contributed by atoms with Crippen LogP contribution in [0.4, 0.5) is 11.4 Å². The number of benzene rings is 2. The molecule has 1 aliphatic rings. The first-order chi connectivity index (χ1) is 10.1. The molecule has 0 aromatic heterocycles. The summed E-state index contributed by atoms with van der Waals surface area (Å²) in [5, 5.41) is 0. The first-order valence-corrected chi connectivity index (χ1v) is 7.68. The molecule has 1 atom stereocenters. The van der Waals surface area contributed by atoms with Crippen LogP contribution in [-0.2, 0) is 0 Å². The molecule has 0 aliphatic carbocycles. The highest BCUT2D eigenvalue weighted by atomic mass is 35.5. The van der Waals surface area contributed by atoms with Crippen LogP contribution in [0.5, 0.6) is 0 Å². The SMILES string of the molecule is Cc1cccc(C)c1[N+]1=C[NH+](c2c(C)cccc2C)CC1.[Cl-]. The second kappa shape index (κ2) is 6.64. The lowest BCUT2D eigenvalue weighted by atomic mass is 10.1. The maximum atomic E-state index is 2.42. The molecule has 1 unspecified atom stereocenters. The Morgan fingerprint density at radius 1 is 0.818 bits per heavy atom. The second-order valence-corrected chi connectivity index (χ2v) is 6.10. The maximum absolute atomic E-state index is 2.42. The third-order valence-electron chi connectivity index (χ3n) is 4.46. The van der Waals surface area contributed by atoms with Crippen LogP contribution in [0, 0.1) is 27.7 Å². The average Bonchev–Trinajstić information content (AvgIpc) is 2.87. The number of halogens is 1. The van der Waals surface area contributed by atoms with E-state index >= 15 is 0 Å². The van der Waals surface area contributed by atoms with Gasteiger partial charge in [0.2, 0.25) is 12.2 Å². The van der Waals surface area contributed by atoms with Gasteiger partial charge in [0.15, 0.2) is 6.54 Å². The number of aryl methyl sites for hydroxylation is 4. The third-order valence-corrected chi connectivity index (χ3v) is 4.46. The summed E-state index contributed by atoms with van der Waals surface area (Å²) in [6, 6.07) is 13.1. The summed E-state index contributed by atoms with van der Waals surface area (Å²) >= 11 is 0. The van der Waals surface area contributed by atoms with Crippen LogP contribution in [0.3, 0.4) is 0 Å². The van der Waals surface area contributed by atoms with Crippen LogP contribution < -0.4 is 17.3 Å². The van der Waals surface area contributed by atoms with Crippen molar-refractivity contribution in [1.82, 2.24) is 0 Å². The fourth-order valence-electron chi connectivity index (χ4n) is 3.50. The number of nitrogens with zero attached hydrogens (tertiary/aromatic N) is 1. The lowest BCUT2D eigenvalue weighted by Crippen LogP contribution is -3.05. The van der Waals surface area contributed by atoms with Crippen LogP contribution in [0.2, 0.25) is 0 Å². The van der Waals surface area contributed by atoms with Gasteiger partial charge in [-0.15, -0.1) is 4.58 Å². The zero-order valence-corrected chi connectivity index (χ0v) is 14.5. The minimum Gasteiger partial charge on any atom is -1.00 e. The summed E-state index contributed by atoms with van der Waals surface area (Å²) < 4.78 is 2.42. The number of para-hydroxylation sites is 2. The molecule has 1 heterocycles. The van der Waals surface area contributed by atoms with Crippen molar-refractivity contribution in [3.05, 3.63) is 58.7 Å². The van der Waals surface area contributed by atoms with E-state index in [9.17, 15) is 0 Å². The molecule has 0 spiro atoms. The Bertz CT molecular complexity index is 679. The van der Waals surface area contributed by atoms with E-state index in [0.717, 1.165) is 13.1 Å². The molecule has 1 aliphatic heterocycles. The molecule has 2 aromatic carbocycles. The van der Waals surface area contributed by atoms with Crippen molar-refractivity contribution >= 4 is 17.7 Å². The van der Waals surface area contributed by atoms with E-state index in [4.69, 9.17) is 0 Å². The van der Waals surface area contributed by atoms with Gasteiger partial charge in [-0.1, -0.05) is 36.4 Å². The summed E-state index contributed by atoms with van der Waals surface area (Å²) in [4.78, 5) is 1.47. The van der Waals surface area contributed by atoms with Crippen molar-refractivity contribution < 1.29 is 21.9 Å². The van der Waals surface area contributed by atoms with E-state index in [0.29, 0.717) is 0 Å². The summed E-state index contributed by atoms with van der Waals surface area (Å²) in [5.74, 6) is 0. The molecule has 0 radical (unpaired) electrons. The molecular weight excluding hydrogens is 292 g/mol. The van der Waals surface area contributed by atoms with Crippen molar-refractivity contribution in [2.45, 2.75) is 27.7 Å². The highest BCUT2D eigenvalue weighted by molar-refractivity contribution is 5.56. The lowest BCUT2D eigenvalue weighted by Gasteiger charge is -2.10. The van der Waals surface area contributed by atoms with Crippen molar-refractivity contribution in [3.63, 3.8) is 0 Å². The van der Waals surface area contributed by atoms with Crippen LogP contribution in [-0.4, -0.2) is 24.0 Å². The number of rotatable bonds is 2. The fraction of sp³-hybridized carbons (Fsp3) is 0.316. The Morgan fingerprint density at radius 2 is 1.32 bits per heavy atom. The molecule has 0 saturated heterocycles. The molecule has 2 aromatic rings. The Hall–Kier alpha value is -1.64. The average molecular weight is 316 g/mol. The number of nitrogens with one attached hydrogen (secondary N) is 1. The Labute approximate surface area is 139 Å². The summed E-state index contributed by atoms with van der Waals surface area (Å²) in [6.07, 6.45) is 2.35. The first-order valence-electron chi connectivity index (χ1n) is 7.68. The van der Waals surface area contributed by atoms with Gasteiger partial charge in [0.25, 0.3) is 0 Å². The quantitative estimate of drug-likeness (QED) is 0.736. The molecule has 0 bridgehead atoms. The van der Waals surface area contributed by atoms with Gasteiger partial charge in [-0.2, -0.15) is 0 Å². The van der Waals surface area contributed by atoms with E-state index < -0.39 is 0 Å². The van der Waals surface area contributed by atoms with Gasteiger partial charge < -0.3 is 12.4 Å². The van der Waals surface area contributed by atoms with E-state index in [1.54, 1.807) is 0 Å². The molecular formula is C19H24ClN2+. The number of hydrogen-bond donors (Lipinski definition) is 1.